The average molecular weight is 297 g/mol. The number of ether oxygens (including phenoxy) is 1. The molecule has 116 valence electrons. The van der Waals surface area contributed by atoms with E-state index in [0.717, 1.165) is 12.0 Å². The summed E-state index contributed by atoms with van der Waals surface area (Å²) in [6.45, 7) is 5.97. The van der Waals surface area contributed by atoms with Crippen LogP contribution in [-0.2, 0) is 0 Å². The highest BCUT2D eigenvalue weighted by Gasteiger charge is 2.17. The predicted molar refractivity (Wildman–Crippen MR) is 89.1 cm³/mol. The van der Waals surface area contributed by atoms with Crippen molar-refractivity contribution in [3.05, 3.63) is 65.7 Å². The van der Waals surface area contributed by atoms with E-state index in [0.29, 0.717) is 11.3 Å². The van der Waals surface area contributed by atoms with E-state index in [9.17, 15) is 4.79 Å². The Morgan fingerprint density at radius 1 is 1.05 bits per heavy atom. The Morgan fingerprint density at radius 3 is 2.32 bits per heavy atom. The van der Waals surface area contributed by atoms with Crippen molar-refractivity contribution in [1.29, 1.82) is 0 Å². The van der Waals surface area contributed by atoms with Crippen molar-refractivity contribution >= 4 is 5.91 Å². The zero-order chi connectivity index (χ0) is 15.9. The number of amides is 1. The van der Waals surface area contributed by atoms with Crippen molar-refractivity contribution in [2.45, 2.75) is 39.3 Å². The second kappa shape index (κ2) is 7.64. The Labute approximate surface area is 132 Å². The quantitative estimate of drug-likeness (QED) is 0.860. The van der Waals surface area contributed by atoms with Gasteiger partial charge >= 0.3 is 0 Å². The Balaban J connectivity index is 2.18. The molecule has 0 bridgehead atoms. The summed E-state index contributed by atoms with van der Waals surface area (Å²) < 4.78 is 5.73. The summed E-state index contributed by atoms with van der Waals surface area (Å²) in [7, 11) is 0. The lowest BCUT2D eigenvalue weighted by Crippen LogP contribution is -2.28. The minimum atomic E-state index is -0.105. The summed E-state index contributed by atoms with van der Waals surface area (Å²) in [6, 6.07) is 17.4. The first-order valence-corrected chi connectivity index (χ1v) is 7.73. The number of rotatable bonds is 6. The van der Waals surface area contributed by atoms with Crippen LogP contribution in [0.2, 0.25) is 0 Å². The molecule has 2 rings (SSSR count). The number of carbonyl (C=O) groups is 1. The number of benzene rings is 2. The van der Waals surface area contributed by atoms with Gasteiger partial charge in [0.1, 0.15) is 5.75 Å². The standard InChI is InChI=1S/C19H23NO2/c1-4-17(15-10-6-5-7-11-15)20-19(21)16-12-8-9-13-18(16)22-14(2)3/h5-14,17H,4H2,1-3H3,(H,20,21). The molecule has 1 amide bonds. The van der Waals surface area contributed by atoms with Crippen LogP contribution in [0.25, 0.3) is 0 Å². The van der Waals surface area contributed by atoms with Gasteiger partial charge in [0.2, 0.25) is 0 Å². The normalized spacial score (nSPS) is 12.0. The molecule has 0 spiro atoms. The van der Waals surface area contributed by atoms with E-state index in [2.05, 4.69) is 12.2 Å². The molecule has 1 unspecified atom stereocenters. The summed E-state index contributed by atoms with van der Waals surface area (Å²) in [5.41, 5.74) is 1.69. The fourth-order valence-corrected chi connectivity index (χ4v) is 2.35. The van der Waals surface area contributed by atoms with Gasteiger partial charge < -0.3 is 10.1 Å². The maximum atomic E-state index is 12.6. The maximum Gasteiger partial charge on any atom is 0.255 e. The Hall–Kier alpha value is -2.29. The fourth-order valence-electron chi connectivity index (χ4n) is 2.35. The molecule has 0 fully saturated rings. The van der Waals surface area contributed by atoms with Gasteiger partial charge in [-0.25, -0.2) is 0 Å². The summed E-state index contributed by atoms with van der Waals surface area (Å²) in [5, 5.41) is 3.09. The van der Waals surface area contributed by atoms with E-state index in [1.54, 1.807) is 6.07 Å². The van der Waals surface area contributed by atoms with E-state index in [1.807, 2.05) is 62.4 Å². The van der Waals surface area contributed by atoms with Crippen LogP contribution in [0.5, 0.6) is 5.75 Å². The van der Waals surface area contributed by atoms with E-state index >= 15 is 0 Å². The highest BCUT2D eigenvalue weighted by Crippen LogP contribution is 2.22. The minimum absolute atomic E-state index is 0.000746. The lowest BCUT2D eigenvalue weighted by molar-refractivity contribution is 0.0929. The molecule has 0 heterocycles. The van der Waals surface area contributed by atoms with Crippen LogP contribution in [-0.4, -0.2) is 12.0 Å². The molecule has 0 saturated heterocycles. The van der Waals surface area contributed by atoms with Gasteiger partial charge in [0, 0.05) is 0 Å². The van der Waals surface area contributed by atoms with Crippen molar-refractivity contribution in [2.75, 3.05) is 0 Å². The molecule has 3 nitrogen and oxygen atoms in total. The molecule has 0 aromatic heterocycles. The highest BCUT2D eigenvalue weighted by molar-refractivity contribution is 5.97. The number of nitrogens with one attached hydrogen (secondary N) is 1. The summed E-state index contributed by atoms with van der Waals surface area (Å²) in [4.78, 5) is 12.6. The van der Waals surface area contributed by atoms with E-state index in [1.165, 1.54) is 0 Å². The second-order valence-corrected chi connectivity index (χ2v) is 5.51. The largest absolute Gasteiger partial charge is 0.490 e. The van der Waals surface area contributed by atoms with E-state index in [4.69, 9.17) is 4.74 Å². The van der Waals surface area contributed by atoms with Crippen molar-refractivity contribution in [1.82, 2.24) is 5.32 Å². The molecule has 3 heteroatoms. The maximum absolute atomic E-state index is 12.6. The molecule has 22 heavy (non-hydrogen) atoms. The highest BCUT2D eigenvalue weighted by atomic mass is 16.5. The number of para-hydroxylation sites is 1. The van der Waals surface area contributed by atoms with Crippen LogP contribution in [0.3, 0.4) is 0 Å². The van der Waals surface area contributed by atoms with Gasteiger partial charge in [0.15, 0.2) is 0 Å². The molecule has 0 radical (unpaired) electrons. The number of hydrogen-bond acceptors (Lipinski definition) is 2. The van der Waals surface area contributed by atoms with Gasteiger partial charge in [-0.15, -0.1) is 0 Å². The third-order valence-electron chi connectivity index (χ3n) is 3.41. The lowest BCUT2D eigenvalue weighted by atomic mass is 10.0. The monoisotopic (exact) mass is 297 g/mol. The van der Waals surface area contributed by atoms with Gasteiger partial charge in [-0.3, -0.25) is 4.79 Å². The van der Waals surface area contributed by atoms with Crippen LogP contribution >= 0.6 is 0 Å². The average Bonchev–Trinajstić information content (AvgIpc) is 2.53. The minimum Gasteiger partial charge on any atom is -0.490 e. The fraction of sp³-hybridized carbons (Fsp3) is 0.316. The zero-order valence-electron chi connectivity index (χ0n) is 13.4. The molecular weight excluding hydrogens is 274 g/mol. The summed E-state index contributed by atoms with van der Waals surface area (Å²) in [5.74, 6) is 0.518. The van der Waals surface area contributed by atoms with Gasteiger partial charge in [-0.2, -0.15) is 0 Å². The molecule has 0 aliphatic heterocycles. The Morgan fingerprint density at radius 2 is 1.68 bits per heavy atom. The summed E-state index contributed by atoms with van der Waals surface area (Å²) >= 11 is 0. The molecule has 2 aromatic carbocycles. The summed E-state index contributed by atoms with van der Waals surface area (Å²) in [6.07, 6.45) is 0.869. The van der Waals surface area contributed by atoms with Crippen molar-refractivity contribution in [2.24, 2.45) is 0 Å². The molecule has 0 saturated carbocycles. The third-order valence-corrected chi connectivity index (χ3v) is 3.41. The van der Waals surface area contributed by atoms with Crippen LogP contribution in [0.1, 0.15) is 49.2 Å². The van der Waals surface area contributed by atoms with Crippen LogP contribution in [0.15, 0.2) is 54.6 Å². The molecule has 2 aromatic rings. The van der Waals surface area contributed by atoms with Gasteiger partial charge in [0.05, 0.1) is 17.7 Å². The van der Waals surface area contributed by atoms with Crippen molar-refractivity contribution in [3.8, 4) is 5.75 Å². The van der Waals surface area contributed by atoms with Gasteiger partial charge in [-0.05, 0) is 38.0 Å². The van der Waals surface area contributed by atoms with Crippen LogP contribution in [0, 0.1) is 0 Å². The smallest absolute Gasteiger partial charge is 0.255 e. The molecule has 1 atom stereocenters. The second-order valence-electron chi connectivity index (χ2n) is 5.51. The van der Waals surface area contributed by atoms with Crippen molar-refractivity contribution < 1.29 is 9.53 Å². The van der Waals surface area contributed by atoms with Gasteiger partial charge in [-0.1, -0.05) is 49.4 Å². The Bertz CT molecular complexity index is 608. The molecule has 1 N–H and O–H groups in total. The molecular formula is C19H23NO2. The molecule has 0 aliphatic carbocycles. The Kier molecular flexibility index (Phi) is 5.59. The SMILES string of the molecule is CCC(NC(=O)c1ccccc1OC(C)C)c1ccccc1. The van der Waals surface area contributed by atoms with Gasteiger partial charge in [0.25, 0.3) is 5.91 Å². The van der Waals surface area contributed by atoms with Crippen LogP contribution in [0.4, 0.5) is 0 Å². The van der Waals surface area contributed by atoms with E-state index < -0.39 is 0 Å². The number of carbonyl (C=O) groups excluding carboxylic acids is 1. The predicted octanol–water partition coefficient (Wildman–Crippen LogP) is 4.35. The topological polar surface area (TPSA) is 38.3 Å². The first-order chi connectivity index (χ1) is 10.6. The van der Waals surface area contributed by atoms with E-state index in [-0.39, 0.29) is 18.1 Å². The third kappa shape index (κ3) is 4.10. The number of hydrogen-bond donors (Lipinski definition) is 1. The van der Waals surface area contributed by atoms with Crippen molar-refractivity contribution in [3.63, 3.8) is 0 Å². The first-order valence-electron chi connectivity index (χ1n) is 7.73. The zero-order valence-corrected chi connectivity index (χ0v) is 13.4. The first kappa shape index (κ1) is 16.1. The molecule has 0 aliphatic rings. The van der Waals surface area contributed by atoms with Crippen LogP contribution < -0.4 is 10.1 Å². The lowest BCUT2D eigenvalue weighted by Gasteiger charge is -2.19.